The molecule has 3 rings (SSSR count). The normalized spacial score (nSPS) is 15.2. The van der Waals surface area contributed by atoms with Crippen LogP contribution in [0.2, 0.25) is 0 Å². The summed E-state index contributed by atoms with van der Waals surface area (Å²) in [4.78, 5) is 27.6. The first-order valence-electron chi connectivity index (χ1n) is 11.5. The standard InChI is InChI=1S/C21H32N4O4S.C2H2O4/c1-15(2)20-22-21(29-23-20)25-11-9-24(10-12-25)17(4)8-13-28-18-6-7-19(16(3)14-18)30(5,26)27;3-1(4)2(5)6/h6-7,14-15,17H,8-13H2,1-5H3;(H,3,4)(H,5,6). The summed E-state index contributed by atoms with van der Waals surface area (Å²) in [5.41, 5.74) is 0.709. The van der Waals surface area contributed by atoms with E-state index in [1.54, 1.807) is 25.1 Å². The summed E-state index contributed by atoms with van der Waals surface area (Å²) in [5, 5.41) is 18.8. The second-order valence-corrected chi connectivity index (χ2v) is 10.9. The zero-order valence-electron chi connectivity index (χ0n) is 21.2. The molecule has 2 heterocycles. The van der Waals surface area contributed by atoms with Gasteiger partial charge in [0.25, 0.3) is 0 Å². The van der Waals surface area contributed by atoms with Crippen LogP contribution in [0.1, 0.15) is 44.5 Å². The minimum Gasteiger partial charge on any atom is -0.494 e. The Morgan fingerprint density at radius 1 is 1.11 bits per heavy atom. The number of carbonyl (C=O) groups is 2. The average molecular weight is 527 g/mol. The lowest BCUT2D eigenvalue weighted by atomic mass is 10.2. The molecule has 36 heavy (non-hydrogen) atoms. The number of sulfone groups is 1. The van der Waals surface area contributed by atoms with E-state index in [9.17, 15) is 8.42 Å². The highest BCUT2D eigenvalue weighted by Gasteiger charge is 2.24. The fourth-order valence-corrected chi connectivity index (χ4v) is 4.56. The van der Waals surface area contributed by atoms with Gasteiger partial charge < -0.3 is 24.4 Å². The molecule has 1 aliphatic rings. The number of carboxylic acid groups (broad SMARTS) is 2. The molecule has 1 atom stereocenters. The largest absolute Gasteiger partial charge is 0.494 e. The SMILES string of the molecule is Cc1cc(OCCC(C)N2CCN(c3nc(C(C)C)no3)CC2)ccc1S(C)(=O)=O.O=C(O)C(=O)O. The molecule has 13 heteroatoms. The minimum atomic E-state index is -3.21. The van der Waals surface area contributed by atoms with Crippen molar-refractivity contribution in [1.29, 1.82) is 0 Å². The molecule has 0 amide bonds. The van der Waals surface area contributed by atoms with Crippen molar-refractivity contribution in [1.82, 2.24) is 15.0 Å². The number of carboxylic acids is 2. The zero-order valence-corrected chi connectivity index (χ0v) is 22.0. The van der Waals surface area contributed by atoms with Gasteiger partial charge in [-0.05, 0) is 44.0 Å². The molecule has 200 valence electrons. The quantitative estimate of drug-likeness (QED) is 0.482. The molecule has 0 radical (unpaired) electrons. The van der Waals surface area contributed by atoms with Gasteiger partial charge in [0.2, 0.25) is 0 Å². The van der Waals surface area contributed by atoms with Crippen LogP contribution in [0.15, 0.2) is 27.6 Å². The molecule has 1 fully saturated rings. The third-order valence-electron chi connectivity index (χ3n) is 5.69. The van der Waals surface area contributed by atoms with E-state index in [0.717, 1.165) is 38.4 Å². The van der Waals surface area contributed by atoms with E-state index in [-0.39, 0.29) is 5.92 Å². The van der Waals surface area contributed by atoms with E-state index in [1.807, 2.05) is 0 Å². The van der Waals surface area contributed by atoms with E-state index in [4.69, 9.17) is 29.1 Å². The number of aliphatic carboxylic acids is 2. The summed E-state index contributed by atoms with van der Waals surface area (Å²) in [5.74, 6) is -1.94. The monoisotopic (exact) mass is 526 g/mol. The maximum absolute atomic E-state index is 11.7. The summed E-state index contributed by atoms with van der Waals surface area (Å²) in [6.07, 6.45) is 2.12. The number of rotatable bonds is 8. The third-order valence-corrected chi connectivity index (χ3v) is 6.95. The highest BCUT2D eigenvalue weighted by atomic mass is 32.2. The molecular formula is C23H34N4O8S. The molecule has 0 spiro atoms. The van der Waals surface area contributed by atoms with E-state index in [2.05, 4.69) is 40.7 Å². The van der Waals surface area contributed by atoms with Gasteiger partial charge in [0, 0.05) is 44.4 Å². The Morgan fingerprint density at radius 3 is 2.19 bits per heavy atom. The lowest BCUT2D eigenvalue weighted by Crippen LogP contribution is -2.50. The summed E-state index contributed by atoms with van der Waals surface area (Å²) in [6.45, 7) is 12.3. The first kappa shape index (κ1) is 29.0. The predicted octanol–water partition coefficient (Wildman–Crippen LogP) is 2.04. The molecule has 1 aromatic heterocycles. The number of aromatic nitrogens is 2. The van der Waals surface area contributed by atoms with Crippen molar-refractivity contribution in [3.05, 3.63) is 29.6 Å². The Labute approximate surface area is 210 Å². The molecule has 1 aromatic carbocycles. The van der Waals surface area contributed by atoms with Crippen molar-refractivity contribution in [2.75, 3.05) is 43.9 Å². The van der Waals surface area contributed by atoms with E-state index < -0.39 is 21.8 Å². The van der Waals surface area contributed by atoms with Gasteiger partial charge in [-0.3, -0.25) is 4.90 Å². The number of anilines is 1. The van der Waals surface area contributed by atoms with Gasteiger partial charge >= 0.3 is 18.0 Å². The molecule has 1 aliphatic heterocycles. The van der Waals surface area contributed by atoms with Crippen LogP contribution in [0.25, 0.3) is 0 Å². The second-order valence-electron chi connectivity index (χ2n) is 8.91. The lowest BCUT2D eigenvalue weighted by Gasteiger charge is -2.37. The Balaban J connectivity index is 0.000000678. The number of piperazine rings is 1. The van der Waals surface area contributed by atoms with Crippen molar-refractivity contribution in [3.8, 4) is 5.75 Å². The van der Waals surface area contributed by atoms with Crippen LogP contribution in [0, 0.1) is 6.92 Å². The maximum atomic E-state index is 11.7. The topological polar surface area (TPSA) is 163 Å². The first-order chi connectivity index (χ1) is 16.8. The number of aryl methyl sites for hydroxylation is 1. The van der Waals surface area contributed by atoms with Crippen LogP contribution in [-0.2, 0) is 19.4 Å². The highest BCUT2D eigenvalue weighted by Crippen LogP contribution is 2.22. The molecule has 2 N–H and O–H groups in total. The molecule has 1 saturated heterocycles. The Morgan fingerprint density at radius 2 is 1.72 bits per heavy atom. The molecular weight excluding hydrogens is 492 g/mol. The van der Waals surface area contributed by atoms with E-state index in [0.29, 0.717) is 34.9 Å². The third kappa shape index (κ3) is 8.48. The molecule has 1 unspecified atom stereocenters. The minimum absolute atomic E-state index is 0.259. The van der Waals surface area contributed by atoms with Crippen molar-refractivity contribution >= 4 is 27.8 Å². The van der Waals surface area contributed by atoms with Crippen molar-refractivity contribution in [2.24, 2.45) is 0 Å². The second kappa shape index (κ2) is 12.7. The molecule has 0 saturated carbocycles. The van der Waals surface area contributed by atoms with Crippen LogP contribution >= 0.6 is 0 Å². The zero-order chi connectivity index (χ0) is 27.0. The number of hydrogen-bond acceptors (Lipinski definition) is 10. The van der Waals surface area contributed by atoms with Crippen molar-refractivity contribution < 1.29 is 37.5 Å². The number of hydrogen-bond donors (Lipinski definition) is 2. The molecule has 12 nitrogen and oxygen atoms in total. The van der Waals surface area contributed by atoms with Crippen LogP contribution in [-0.4, -0.2) is 90.7 Å². The van der Waals surface area contributed by atoms with Gasteiger partial charge in [-0.1, -0.05) is 19.0 Å². The number of nitrogens with zero attached hydrogens (tertiary/aromatic N) is 4. The summed E-state index contributed by atoms with van der Waals surface area (Å²) in [7, 11) is -3.21. The molecule has 0 aliphatic carbocycles. The summed E-state index contributed by atoms with van der Waals surface area (Å²) in [6, 6.07) is 6.13. The van der Waals surface area contributed by atoms with E-state index in [1.165, 1.54) is 6.26 Å². The molecule has 0 bridgehead atoms. The Bertz CT molecular complexity index is 1130. The number of benzene rings is 1. The van der Waals surface area contributed by atoms with Crippen molar-refractivity contribution in [2.45, 2.75) is 51.0 Å². The van der Waals surface area contributed by atoms with Crippen molar-refractivity contribution in [3.63, 3.8) is 0 Å². The average Bonchev–Trinajstić information content (AvgIpc) is 3.29. The molecule has 2 aromatic rings. The van der Waals surface area contributed by atoms with Crippen LogP contribution < -0.4 is 9.64 Å². The Kier molecular flexibility index (Phi) is 10.2. The summed E-state index contributed by atoms with van der Waals surface area (Å²) >= 11 is 0. The lowest BCUT2D eigenvalue weighted by molar-refractivity contribution is -0.159. The first-order valence-corrected chi connectivity index (χ1v) is 13.4. The van der Waals surface area contributed by atoms with Crippen LogP contribution in [0.4, 0.5) is 6.01 Å². The smallest absolute Gasteiger partial charge is 0.414 e. The maximum Gasteiger partial charge on any atom is 0.414 e. The van der Waals surface area contributed by atoms with Gasteiger partial charge in [0.15, 0.2) is 15.7 Å². The number of ether oxygens (including phenoxy) is 1. The predicted molar refractivity (Wildman–Crippen MR) is 131 cm³/mol. The Hall–Kier alpha value is -3.19. The highest BCUT2D eigenvalue weighted by molar-refractivity contribution is 7.90. The van der Waals surface area contributed by atoms with Gasteiger partial charge in [-0.25, -0.2) is 18.0 Å². The fourth-order valence-electron chi connectivity index (χ4n) is 3.60. The van der Waals surface area contributed by atoms with Gasteiger partial charge in [-0.15, -0.1) is 0 Å². The van der Waals surface area contributed by atoms with Gasteiger partial charge in [0.1, 0.15) is 5.75 Å². The summed E-state index contributed by atoms with van der Waals surface area (Å²) < 4.78 is 34.7. The van der Waals surface area contributed by atoms with E-state index >= 15 is 0 Å². The van der Waals surface area contributed by atoms with Gasteiger partial charge in [0.05, 0.1) is 11.5 Å². The van der Waals surface area contributed by atoms with Crippen LogP contribution in [0.5, 0.6) is 5.75 Å². The fraction of sp³-hybridized carbons (Fsp3) is 0.565. The van der Waals surface area contributed by atoms with Gasteiger partial charge in [-0.2, -0.15) is 4.98 Å². The van der Waals surface area contributed by atoms with Crippen LogP contribution in [0.3, 0.4) is 0 Å².